The van der Waals surface area contributed by atoms with Gasteiger partial charge in [-0.1, -0.05) is 25.1 Å². The van der Waals surface area contributed by atoms with Crippen molar-refractivity contribution in [3.05, 3.63) is 42.2 Å². The summed E-state index contributed by atoms with van der Waals surface area (Å²) in [5.41, 5.74) is 2.27. The van der Waals surface area contributed by atoms with Crippen LogP contribution in [0, 0.1) is 5.92 Å². The summed E-state index contributed by atoms with van der Waals surface area (Å²) in [5.74, 6) is 1.41. The van der Waals surface area contributed by atoms with Gasteiger partial charge in [0.1, 0.15) is 5.75 Å². The summed E-state index contributed by atoms with van der Waals surface area (Å²) in [6, 6.07) is 8.49. The van der Waals surface area contributed by atoms with Gasteiger partial charge in [0.25, 0.3) is 0 Å². The van der Waals surface area contributed by atoms with Gasteiger partial charge >= 0.3 is 0 Å². The fourth-order valence-electron chi connectivity index (χ4n) is 2.39. The first kappa shape index (κ1) is 11.1. The van der Waals surface area contributed by atoms with Crippen LogP contribution in [0.1, 0.15) is 18.5 Å². The van der Waals surface area contributed by atoms with Gasteiger partial charge in [0.15, 0.2) is 0 Å². The topological polar surface area (TPSA) is 39.1 Å². The van der Waals surface area contributed by atoms with Crippen LogP contribution >= 0.6 is 0 Å². The molecule has 4 heteroatoms. The fourth-order valence-corrected chi connectivity index (χ4v) is 2.39. The molecule has 0 amide bonds. The lowest BCUT2D eigenvalue weighted by molar-refractivity contribution is 0.214. The molecular weight excluding hydrogens is 226 g/mol. The van der Waals surface area contributed by atoms with Gasteiger partial charge in [0.05, 0.1) is 24.5 Å². The summed E-state index contributed by atoms with van der Waals surface area (Å²) in [6.45, 7) is 2.94. The summed E-state index contributed by atoms with van der Waals surface area (Å²) in [7, 11) is 1.92. The molecule has 1 aromatic heterocycles. The molecule has 2 atom stereocenters. The number of hydrogen-bond donors (Lipinski definition) is 1. The van der Waals surface area contributed by atoms with Crippen molar-refractivity contribution in [2.24, 2.45) is 13.0 Å². The summed E-state index contributed by atoms with van der Waals surface area (Å²) < 4.78 is 7.55. The van der Waals surface area contributed by atoms with Crippen molar-refractivity contribution in [2.45, 2.75) is 13.0 Å². The normalized spacial score (nSPS) is 22.1. The van der Waals surface area contributed by atoms with Crippen molar-refractivity contribution in [1.82, 2.24) is 9.78 Å². The Morgan fingerprint density at radius 3 is 3.00 bits per heavy atom. The maximum Gasteiger partial charge on any atom is 0.124 e. The molecule has 18 heavy (non-hydrogen) atoms. The third-order valence-corrected chi connectivity index (χ3v) is 3.35. The number of aryl methyl sites for hydroxylation is 1. The van der Waals surface area contributed by atoms with Gasteiger partial charge in [0, 0.05) is 24.7 Å². The number of ether oxygens (including phenoxy) is 1. The minimum atomic E-state index is 0.277. The molecule has 0 bridgehead atoms. The van der Waals surface area contributed by atoms with Crippen LogP contribution in [0.15, 0.2) is 36.7 Å². The van der Waals surface area contributed by atoms with Gasteiger partial charge in [-0.05, 0) is 6.07 Å². The smallest absolute Gasteiger partial charge is 0.124 e. The lowest BCUT2D eigenvalue weighted by Crippen LogP contribution is -2.28. The Kier molecular flexibility index (Phi) is 2.70. The molecular formula is C14H17N3O. The highest BCUT2D eigenvalue weighted by Gasteiger charge is 2.27. The Labute approximate surface area is 107 Å². The van der Waals surface area contributed by atoms with Crippen LogP contribution in [0.2, 0.25) is 0 Å². The lowest BCUT2D eigenvalue weighted by Gasteiger charge is -2.32. The number of para-hydroxylation sites is 1. The molecule has 0 fully saturated rings. The van der Waals surface area contributed by atoms with Crippen LogP contribution in [-0.2, 0) is 7.05 Å². The van der Waals surface area contributed by atoms with Gasteiger partial charge in [-0.25, -0.2) is 0 Å². The molecule has 0 saturated carbocycles. The molecule has 2 aromatic rings. The van der Waals surface area contributed by atoms with Crippen LogP contribution < -0.4 is 10.1 Å². The molecule has 1 aromatic carbocycles. The van der Waals surface area contributed by atoms with E-state index in [0.717, 1.165) is 18.0 Å². The van der Waals surface area contributed by atoms with E-state index in [9.17, 15) is 0 Å². The zero-order valence-corrected chi connectivity index (χ0v) is 10.6. The summed E-state index contributed by atoms with van der Waals surface area (Å²) in [4.78, 5) is 0. The molecule has 1 aliphatic rings. The van der Waals surface area contributed by atoms with E-state index in [1.807, 2.05) is 31.6 Å². The fraction of sp³-hybridized carbons (Fsp3) is 0.357. The van der Waals surface area contributed by atoms with E-state index in [-0.39, 0.29) is 6.04 Å². The first-order valence-corrected chi connectivity index (χ1v) is 6.21. The molecule has 2 heterocycles. The number of benzene rings is 1. The Bertz CT molecular complexity index is 549. The number of aromatic nitrogens is 2. The minimum Gasteiger partial charge on any atom is -0.493 e. The number of fused-ring (bicyclic) bond motifs is 1. The van der Waals surface area contributed by atoms with Crippen LogP contribution in [0.4, 0.5) is 5.69 Å². The van der Waals surface area contributed by atoms with Crippen molar-refractivity contribution in [1.29, 1.82) is 0 Å². The Morgan fingerprint density at radius 2 is 2.22 bits per heavy atom. The molecule has 4 nitrogen and oxygen atoms in total. The number of rotatable bonds is 2. The lowest BCUT2D eigenvalue weighted by atomic mass is 9.92. The molecule has 2 unspecified atom stereocenters. The van der Waals surface area contributed by atoms with E-state index >= 15 is 0 Å². The van der Waals surface area contributed by atoms with E-state index in [0.29, 0.717) is 5.92 Å². The molecule has 94 valence electrons. The summed E-state index contributed by atoms with van der Waals surface area (Å²) >= 11 is 0. The van der Waals surface area contributed by atoms with Gasteiger partial charge in [-0.15, -0.1) is 0 Å². The zero-order chi connectivity index (χ0) is 12.5. The number of hydrogen-bond acceptors (Lipinski definition) is 3. The van der Waals surface area contributed by atoms with Crippen molar-refractivity contribution < 1.29 is 4.74 Å². The van der Waals surface area contributed by atoms with E-state index in [1.165, 1.54) is 5.56 Å². The Morgan fingerprint density at radius 1 is 1.39 bits per heavy atom. The van der Waals surface area contributed by atoms with Gasteiger partial charge < -0.3 is 10.1 Å². The molecule has 0 aliphatic carbocycles. The first-order chi connectivity index (χ1) is 8.74. The van der Waals surface area contributed by atoms with Gasteiger partial charge in [0.2, 0.25) is 0 Å². The average Bonchev–Trinajstić information content (AvgIpc) is 2.79. The molecule has 0 radical (unpaired) electrons. The number of nitrogens with one attached hydrogen (secondary N) is 1. The first-order valence-electron chi connectivity index (χ1n) is 6.21. The van der Waals surface area contributed by atoms with Crippen LogP contribution in [0.3, 0.4) is 0 Å². The zero-order valence-electron chi connectivity index (χ0n) is 10.6. The molecule has 0 saturated heterocycles. The van der Waals surface area contributed by atoms with Crippen LogP contribution in [-0.4, -0.2) is 16.4 Å². The van der Waals surface area contributed by atoms with Crippen molar-refractivity contribution >= 4 is 5.69 Å². The maximum atomic E-state index is 5.75. The van der Waals surface area contributed by atoms with Gasteiger partial charge in [-0.3, -0.25) is 4.68 Å². The molecule has 1 aliphatic heterocycles. The number of anilines is 1. The molecule has 3 rings (SSSR count). The van der Waals surface area contributed by atoms with E-state index in [4.69, 9.17) is 4.74 Å². The Hall–Kier alpha value is -1.97. The standard InChI is InChI=1S/C14H17N3O/c1-10-9-18-13-6-4-3-5-12(13)14(10)16-11-7-15-17(2)8-11/h3-8,10,14,16H,9H2,1-2H3. The van der Waals surface area contributed by atoms with E-state index in [1.54, 1.807) is 4.68 Å². The highest BCUT2D eigenvalue weighted by Crippen LogP contribution is 2.37. The maximum absolute atomic E-state index is 5.75. The van der Waals surface area contributed by atoms with Crippen LogP contribution in [0.25, 0.3) is 0 Å². The second kappa shape index (κ2) is 4.37. The highest BCUT2D eigenvalue weighted by molar-refractivity contribution is 5.46. The van der Waals surface area contributed by atoms with Crippen LogP contribution in [0.5, 0.6) is 5.75 Å². The van der Waals surface area contributed by atoms with E-state index < -0.39 is 0 Å². The highest BCUT2D eigenvalue weighted by atomic mass is 16.5. The summed E-state index contributed by atoms with van der Waals surface area (Å²) in [5, 5.41) is 7.73. The summed E-state index contributed by atoms with van der Waals surface area (Å²) in [6.07, 6.45) is 3.84. The third-order valence-electron chi connectivity index (χ3n) is 3.35. The number of nitrogens with zero attached hydrogens (tertiary/aromatic N) is 2. The Balaban J connectivity index is 1.91. The van der Waals surface area contributed by atoms with Crippen molar-refractivity contribution in [2.75, 3.05) is 11.9 Å². The third kappa shape index (κ3) is 1.94. The quantitative estimate of drug-likeness (QED) is 0.881. The predicted molar refractivity (Wildman–Crippen MR) is 70.7 cm³/mol. The van der Waals surface area contributed by atoms with Crippen molar-refractivity contribution in [3.8, 4) is 5.75 Å². The second-order valence-electron chi connectivity index (χ2n) is 4.85. The SMILES string of the molecule is CC1COc2ccccc2C1Nc1cnn(C)c1. The monoisotopic (exact) mass is 243 g/mol. The molecule has 1 N–H and O–H groups in total. The molecule has 0 spiro atoms. The minimum absolute atomic E-state index is 0.277. The van der Waals surface area contributed by atoms with E-state index in [2.05, 4.69) is 29.5 Å². The largest absolute Gasteiger partial charge is 0.493 e. The average molecular weight is 243 g/mol. The van der Waals surface area contributed by atoms with Gasteiger partial charge in [-0.2, -0.15) is 5.10 Å². The van der Waals surface area contributed by atoms with Crippen molar-refractivity contribution in [3.63, 3.8) is 0 Å². The predicted octanol–water partition coefficient (Wildman–Crippen LogP) is 2.60. The second-order valence-corrected chi connectivity index (χ2v) is 4.85.